The third kappa shape index (κ3) is 4.23. The Morgan fingerprint density at radius 1 is 1.15 bits per heavy atom. The zero-order valence-corrected chi connectivity index (χ0v) is 15.6. The highest BCUT2D eigenvalue weighted by molar-refractivity contribution is 6.05. The van der Waals surface area contributed by atoms with Crippen LogP contribution in [0.5, 0.6) is 0 Å². The molecule has 1 heterocycles. The van der Waals surface area contributed by atoms with Crippen molar-refractivity contribution in [2.75, 3.05) is 18.4 Å². The summed E-state index contributed by atoms with van der Waals surface area (Å²) in [5.74, 6) is -0.211. The fraction of sp³-hybridized carbons (Fsp3) is 0.300. The second kappa shape index (κ2) is 8.83. The number of nitrogens with one attached hydrogen (secondary N) is 1. The minimum absolute atomic E-state index is 0. The van der Waals surface area contributed by atoms with E-state index >= 15 is 0 Å². The number of carbonyl (C=O) groups excluding carboxylic acids is 2. The lowest BCUT2D eigenvalue weighted by molar-refractivity contribution is 0.0741. The molecule has 2 amide bonds. The Hall–Kier alpha value is -2.37. The van der Waals surface area contributed by atoms with Crippen LogP contribution >= 0.6 is 12.4 Å². The Kier molecular flexibility index (Phi) is 6.77. The zero-order valence-electron chi connectivity index (χ0n) is 14.8. The molecule has 5 nitrogen and oxygen atoms in total. The van der Waals surface area contributed by atoms with Crippen molar-refractivity contribution in [3.8, 4) is 0 Å². The highest BCUT2D eigenvalue weighted by Gasteiger charge is 2.28. The van der Waals surface area contributed by atoms with E-state index in [9.17, 15) is 9.59 Å². The summed E-state index contributed by atoms with van der Waals surface area (Å²) in [5.41, 5.74) is 8.51. The van der Waals surface area contributed by atoms with Crippen LogP contribution in [0.15, 0.2) is 48.5 Å². The molecule has 0 radical (unpaired) electrons. The standard InChI is InChI=1S/C20H23N3O2.ClH/c1-14-9-10-16(20(25)23-11-5-8-17(23)13-21)12-18(14)22-19(24)15-6-3-2-4-7-15;/h2-4,6-7,9-10,12,17H,5,8,11,13,21H2,1H3,(H,22,24);1H. The maximum atomic E-state index is 12.8. The van der Waals surface area contributed by atoms with Crippen molar-refractivity contribution in [1.29, 1.82) is 0 Å². The summed E-state index contributed by atoms with van der Waals surface area (Å²) in [4.78, 5) is 27.0. The third-order valence-electron chi connectivity index (χ3n) is 4.68. The number of rotatable bonds is 4. The van der Waals surface area contributed by atoms with Crippen LogP contribution in [0.3, 0.4) is 0 Å². The quantitative estimate of drug-likeness (QED) is 0.863. The van der Waals surface area contributed by atoms with E-state index in [0.717, 1.165) is 24.9 Å². The first-order chi connectivity index (χ1) is 12.1. The van der Waals surface area contributed by atoms with Crippen LogP contribution < -0.4 is 11.1 Å². The van der Waals surface area contributed by atoms with Gasteiger partial charge in [-0.05, 0) is 49.6 Å². The van der Waals surface area contributed by atoms with Crippen molar-refractivity contribution in [3.05, 3.63) is 65.2 Å². The minimum Gasteiger partial charge on any atom is -0.334 e. The van der Waals surface area contributed by atoms with Crippen molar-refractivity contribution < 1.29 is 9.59 Å². The van der Waals surface area contributed by atoms with Crippen molar-refractivity contribution in [2.45, 2.75) is 25.8 Å². The predicted molar refractivity (Wildman–Crippen MR) is 106 cm³/mol. The number of amides is 2. The molecule has 0 aromatic heterocycles. The van der Waals surface area contributed by atoms with Crippen molar-refractivity contribution >= 4 is 29.9 Å². The summed E-state index contributed by atoms with van der Waals surface area (Å²) in [6.07, 6.45) is 1.93. The molecular formula is C20H24ClN3O2. The van der Waals surface area contributed by atoms with E-state index < -0.39 is 0 Å². The lowest BCUT2D eigenvalue weighted by Crippen LogP contribution is -2.39. The van der Waals surface area contributed by atoms with Gasteiger partial charge < -0.3 is 16.0 Å². The molecule has 3 N–H and O–H groups in total. The van der Waals surface area contributed by atoms with Crippen molar-refractivity contribution in [1.82, 2.24) is 4.90 Å². The third-order valence-corrected chi connectivity index (χ3v) is 4.68. The number of anilines is 1. The van der Waals surface area contributed by atoms with Gasteiger partial charge in [-0.25, -0.2) is 0 Å². The molecule has 0 bridgehead atoms. The fourth-order valence-electron chi connectivity index (χ4n) is 3.19. The van der Waals surface area contributed by atoms with Gasteiger partial charge in [0.1, 0.15) is 0 Å². The summed E-state index contributed by atoms with van der Waals surface area (Å²) in [6, 6.07) is 14.6. The zero-order chi connectivity index (χ0) is 17.8. The van der Waals surface area contributed by atoms with Gasteiger partial charge in [0.05, 0.1) is 0 Å². The van der Waals surface area contributed by atoms with Gasteiger partial charge in [0.15, 0.2) is 0 Å². The van der Waals surface area contributed by atoms with Crippen LogP contribution in [0.1, 0.15) is 39.1 Å². The molecule has 138 valence electrons. The van der Waals surface area contributed by atoms with Crippen LogP contribution in [0, 0.1) is 6.92 Å². The molecule has 3 rings (SSSR count). The number of aryl methyl sites for hydroxylation is 1. The first kappa shape index (κ1) is 19.9. The first-order valence-corrected chi connectivity index (χ1v) is 8.58. The van der Waals surface area contributed by atoms with E-state index in [1.165, 1.54) is 0 Å². The summed E-state index contributed by atoms with van der Waals surface area (Å²) in [6.45, 7) is 3.13. The van der Waals surface area contributed by atoms with E-state index in [1.807, 2.05) is 42.2 Å². The second-order valence-electron chi connectivity index (χ2n) is 6.38. The average Bonchev–Trinajstić information content (AvgIpc) is 3.12. The SMILES string of the molecule is Cc1ccc(C(=O)N2CCCC2CN)cc1NC(=O)c1ccccc1.Cl. The summed E-state index contributed by atoms with van der Waals surface area (Å²) in [7, 11) is 0. The topological polar surface area (TPSA) is 75.4 Å². The van der Waals surface area contributed by atoms with E-state index in [4.69, 9.17) is 5.73 Å². The molecule has 6 heteroatoms. The Balaban J connectivity index is 0.00000243. The Morgan fingerprint density at radius 2 is 1.88 bits per heavy atom. The van der Waals surface area contributed by atoms with Gasteiger partial charge in [0.2, 0.25) is 0 Å². The second-order valence-corrected chi connectivity index (χ2v) is 6.38. The first-order valence-electron chi connectivity index (χ1n) is 8.58. The maximum Gasteiger partial charge on any atom is 0.255 e. The largest absolute Gasteiger partial charge is 0.334 e. The smallest absolute Gasteiger partial charge is 0.255 e. The number of nitrogens with two attached hydrogens (primary N) is 1. The fourth-order valence-corrected chi connectivity index (χ4v) is 3.19. The van der Waals surface area contributed by atoms with E-state index in [1.54, 1.807) is 18.2 Å². The minimum atomic E-state index is -0.186. The normalized spacial score (nSPS) is 16.1. The van der Waals surface area contributed by atoms with E-state index in [-0.39, 0.29) is 30.3 Å². The highest BCUT2D eigenvalue weighted by Crippen LogP contribution is 2.23. The van der Waals surface area contributed by atoms with E-state index in [2.05, 4.69) is 5.32 Å². The summed E-state index contributed by atoms with van der Waals surface area (Å²) >= 11 is 0. The van der Waals surface area contributed by atoms with Crippen LogP contribution in [-0.4, -0.2) is 35.8 Å². The highest BCUT2D eigenvalue weighted by atomic mass is 35.5. The summed E-state index contributed by atoms with van der Waals surface area (Å²) < 4.78 is 0. The van der Waals surface area contributed by atoms with Gasteiger partial charge in [0, 0.05) is 35.9 Å². The number of hydrogen-bond donors (Lipinski definition) is 2. The van der Waals surface area contributed by atoms with Gasteiger partial charge in [-0.2, -0.15) is 0 Å². The predicted octanol–water partition coefficient (Wildman–Crippen LogP) is 3.23. The number of likely N-dealkylation sites (tertiary alicyclic amines) is 1. The van der Waals surface area contributed by atoms with Crippen molar-refractivity contribution in [2.24, 2.45) is 5.73 Å². The molecule has 1 atom stereocenters. The molecule has 1 fully saturated rings. The van der Waals surface area contributed by atoms with Crippen LogP contribution in [0.25, 0.3) is 0 Å². The molecule has 26 heavy (non-hydrogen) atoms. The molecule has 0 saturated carbocycles. The molecule has 1 saturated heterocycles. The van der Waals surface area contributed by atoms with Gasteiger partial charge >= 0.3 is 0 Å². The van der Waals surface area contributed by atoms with Crippen molar-refractivity contribution in [3.63, 3.8) is 0 Å². The molecule has 1 aliphatic heterocycles. The van der Waals surface area contributed by atoms with E-state index in [0.29, 0.717) is 23.4 Å². The Bertz CT molecular complexity index is 780. The molecule has 1 unspecified atom stereocenters. The molecule has 2 aromatic rings. The Labute approximate surface area is 160 Å². The molecule has 1 aliphatic rings. The lowest BCUT2D eigenvalue weighted by atomic mass is 10.1. The number of hydrogen-bond acceptors (Lipinski definition) is 3. The number of benzene rings is 2. The maximum absolute atomic E-state index is 12.8. The number of carbonyl (C=O) groups is 2. The molecule has 0 aliphatic carbocycles. The lowest BCUT2D eigenvalue weighted by Gasteiger charge is -2.24. The molecule has 2 aromatic carbocycles. The molecule has 0 spiro atoms. The summed E-state index contributed by atoms with van der Waals surface area (Å²) in [5, 5.41) is 2.90. The van der Waals surface area contributed by atoms with Gasteiger partial charge in [0.25, 0.3) is 11.8 Å². The van der Waals surface area contributed by atoms with Gasteiger partial charge in [-0.3, -0.25) is 9.59 Å². The number of halogens is 1. The Morgan fingerprint density at radius 3 is 2.58 bits per heavy atom. The van der Waals surface area contributed by atoms with Crippen LogP contribution in [-0.2, 0) is 0 Å². The van der Waals surface area contributed by atoms with Gasteiger partial charge in [-0.1, -0.05) is 24.3 Å². The monoisotopic (exact) mass is 373 g/mol. The molecular weight excluding hydrogens is 350 g/mol. The van der Waals surface area contributed by atoms with Crippen LogP contribution in [0.4, 0.5) is 5.69 Å². The average molecular weight is 374 g/mol. The van der Waals surface area contributed by atoms with Crippen LogP contribution in [0.2, 0.25) is 0 Å². The van der Waals surface area contributed by atoms with Gasteiger partial charge in [-0.15, -0.1) is 12.4 Å². The number of nitrogens with zero attached hydrogens (tertiary/aromatic N) is 1.